The van der Waals surface area contributed by atoms with Crippen LogP contribution in [0.4, 0.5) is 0 Å². The van der Waals surface area contributed by atoms with E-state index in [0.717, 1.165) is 5.69 Å². The van der Waals surface area contributed by atoms with Gasteiger partial charge in [-0.15, -0.1) is 0 Å². The fourth-order valence-corrected chi connectivity index (χ4v) is 1.27. The lowest BCUT2D eigenvalue weighted by Crippen LogP contribution is -2.34. The first-order chi connectivity index (χ1) is 7.95. The third-order valence-electron chi connectivity index (χ3n) is 2.61. The van der Waals surface area contributed by atoms with Crippen LogP contribution in [0.5, 0.6) is 0 Å². The summed E-state index contributed by atoms with van der Waals surface area (Å²) in [5.74, 6) is -0.597. The van der Waals surface area contributed by atoms with Gasteiger partial charge in [0, 0.05) is 0 Å². The molecule has 1 atom stereocenters. The van der Waals surface area contributed by atoms with Gasteiger partial charge in [-0.1, -0.05) is 0 Å². The van der Waals surface area contributed by atoms with E-state index < -0.39 is 11.4 Å². The number of hydrogen-bond donors (Lipinski definition) is 0. The molecule has 1 aromatic heterocycles. The normalized spacial score (nSPS) is 13.6. The topological polar surface area (TPSA) is 75.9 Å². The molecular formula is C12H15N3O2. The molecule has 0 spiro atoms. The number of nitriles is 1. The van der Waals surface area contributed by atoms with Gasteiger partial charge in [0.05, 0.1) is 36.0 Å². The minimum Gasteiger partial charge on any atom is -0.465 e. The van der Waals surface area contributed by atoms with Crippen molar-refractivity contribution in [3.8, 4) is 6.07 Å². The zero-order valence-corrected chi connectivity index (χ0v) is 10.4. The smallest absolute Gasteiger partial charge is 0.332 e. The lowest BCUT2D eigenvalue weighted by atomic mass is 9.89. The predicted octanol–water partition coefficient (Wildman–Crippen LogP) is 1.44. The van der Waals surface area contributed by atoms with Crippen molar-refractivity contribution in [3.05, 3.63) is 23.3 Å². The average Bonchev–Trinajstić information content (AvgIpc) is 2.32. The van der Waals surface area contributed by atoms with Crippen LogP contribution in [0.3, 0.4) is 0 Å². The predicted molar refractivity (Wildman–Crippen MR) is 61.1 cm³/mol. The van der Waals surface area contributed by atoms with Crippen molar-refractivity contribution in [3.63, 3.8) is 0 Å². The fourth-order valence-electron chi connectivity index (χ4n) is 1.27. The quantitative estimate of drug-likeness (QED) is 0.738. The minimum atomic E-state index is -1.40. The van der Waals surface area contributed by atoms with E-state index in [1.807, 2.05) is 13.0 Å². The molecule has 0 bridgehead atoms. The van der Waals surface area contributed by atoms with Crippen molar-refractivity contribution in [2.45, 2.75) is 33.1 Å². The molecule has 0 aliphatic rings. The molecule has 0 radical (unpaired) electrons. The van der Waals surface area contributed by atoms with Crippen molar-refractivity contribution in [1.29, 1.82) is 5.26 Å². The molecule has 0 aromatic carbocycles. The number of ether oxygens (including phenoxy) is 1. The van der Waals surface area contributed by atoms with Gasteiger partial charge in [0.1, 0.15) is 0 Å². The van der Waals surface area contributed by atoms with Crippen LogP contribution in [0.25, 0.3) is 0 Å². The van der Waals surface area contributed by atoms with E-state index in [9.17, 15) is 10.1 Å². The zero-order chi connectivity index (χ0) is 13.1. The van der Waals surface area contributed by atoms with Gasteiger partial charge in [0.25, 0.3) is 0 Å². The van der Waals surface area contributed by atoms with Gasteiger partial charge in [0.2, 0.25) is 0 Å². The van der Waals surface area contributed by atoms with Crippen molar-refractivity contribution in [1.82, 2.24) is 9.97 Å². The molecule has 1 heterocycles. The van der Waals surface area contributed by atoms with Crippen molar-refractivity contribution in [2.24, 2.45) is 0 Å². The van der Waals surface area contributed by atoms with Crippen LogP contribution in [0, 0.1) is 25.2 Å². The van der Waals surface area contributed by atoms with E-state index >= 15 is 0 Å². The Bertz CT molecular complexity index is 479. The molecule has 0 saturated heterocycles. The number of nitrogens with zero attached hydrogens (tertiary/aromatic N) is 3. The summed E-state index contributed by atoms with van der Waals surface area (Å²) >= 11 is 0. The summed E-state index contributed by atoms with van der Waals surface area (Å²) in [6.07, 6.45) is 1.45. The number of carbonyl (C=O) groups excluding carboxylic acids is 1. The summed E-state index contributed by atoms with van der Waals surface area (Å²) < 4.78 is 4.89. The highest BCUT2D eigenvalue weighted by Crippen LogP contribution is 2.23. The highest BCUT2D eigenvalue weighted by atomic mass is 16.5. The van der Waals surface area contributed by atoms with E-state index in [1.54, 1.807) is 13.8 Å². The van der Waals surface area contributed by atoms with Crippen LogP contribution < -0.4 is 0 Å². The Morgan fingerprint density at radius 3 is 2.65 bits per heavy atom. The zero-order valence-electron chi connectivity index (χ0n) is 10.4. The lowest BCUT2D eigenvalue weighted by Gasteiger charge is -2.19. The van der Waals surface area contributed by atoms with Gasteiger partial charge < -0.3 is 4.74 Å². The maximum absolute atomic E-state index is 11.8. The second-order valence-electron chi connectivity index (χ2n) is 3.88. The van der Waals surface area contributed by atoms with Crippen LogP contribution in [-0.2, 0) is 14.9 Å². The lowest BCUT2D eigenvalue weighted by molar-refractivity contribution is -0.147. The molecule has 1 unspecified atom stereocenters. The maximum atomic E-state index is 11.8. The molecule has 0 saturated carbocycles. The Morgan fingerprint density at radius 1 is 1.53 bits per heavy atom. The van der Waals surface area contributed by atoms with Crippen LogP contribution in [0.15, 0.2) is 6.20 Å². The molecule has 5 heteroatoms. The van der Waals surface area contributed by atoms with Crippen LogP contribution in [0.1, 0.15) is 30.9 Å². The number of hydrogen-bond acceptors (Lipinski definition) is 5. The second-order valence-corrected chi connectivity index (χ2v) is 3.88. The molecule has 90 valence electrons. The van der Waals surface area contributed by atoms with Gasteiger partial charge in [-0.05, 0) is 27.7 Å². The molecule has 0 N–H and O–H groups in total. The largest absolute Gasteiger partial charge is 0.465 e. The van der Waals surface area contributed by atoms with Crippen LogP contribution >= 0.6 is 0 Å². The van der Waals surface area contributed by atoms with Crippen LogP contribution in [-0.4, -0.2) is 22.5 Å². The van der Waals surface area contributed by atoms with Crippen LogP contribution in [0.2, 0.25) is 0 Å². The number of esters is 1. The Hall–Kier alpha value is -1.96. The number of aryl methyl sites for hydroxylation is 2. The highest BCUT2D eigenvalue weighted by molar-refractivity contribution is 5.85. The molecule has 0 aliphatic heterocycles. The Balaban J connectivity index is 3.22. The number of rotatable bonds is 3. The average molecular weight is 233 g/mol. The Morgan fingerprint density at radius 2 is 2.18 bits per heavy atom. The minimum absolute atomic E-state index is 0.231. The van der Waals surface area contributed by atoms with Gasteiger partial charge in [0.15, 0.2) is 5.41 Å². The summed E-state index contributed by atoms with van der Waals surface area (Å²) in [7, 11) is 0. The maximum Gasteiger partial charge on any atom is 0.332 e. The molecule has 5 nitrogen and oxygen atoms in total. The third-order valence-corrected chi connectivity index (χ3v) is 2.61. The third kappa shape index (κ3) is 2.41. The monoisotopic (exact) mass is 233 g/mol. The molecule has 0 amide bonds. The highest BCUT2D eigenvalue weighted by Gasteiger charge is 2.39. The van der Waals surface area contributed by atoms with Crippen molar-refractivity contribution >= 4 is 5.97 Å². The number of aromatic nitrogens is 2. The van der Waals surface area contributed by atoms with Gasteiger partial charge in [-0.2, -0.15) is 5.26 Å². The molecule has 0 aliphatic carbocycles. The SMILES string of the molecule is CCOC(=O)C(C)(C#N)c1cnc(C)c(C)n1. The molecule has 17 heavy (non-hydrogen) atoms. The summed E-state index contributed by atoms with van der Waals surface area (Å²) in [5.41, 5.74) is 0.397. The Kier molecular flexibility index (Phi) is 3.79. The first kappa shape index (κ1) is 13.1. The summed E-state index contributed by atoms with van der Waals surface area (Å²) in [4.78, 5) is 20.1. The number of carbonyl (C=O) groups is 1. The van der Waals surface area contributed by atoms with Crippen molar-refractivity contribution < 1.29 is 9.53 Å². The fraction of sp³-hybridized carbons (Fsp3) is 0.500. The molecule has 1 aromatic rings. The first-order valence-electron chi connectivity index (χ1n) is 5.35. The standard InChI is InChI=1S/C12H15N3O2/c1-5-17-11(16)12(4,7-13)10-6-14-8(2)9(3)15-10/h6H,5H2,1-4H3. The Labute approximate surface area is 100 Å². The summed E-state index contributed by atoms with van der Waals surface area (Å²) in [6, 6.07) is 1.95. The molecule has 1 rings (SSSR count). The van der Waals surface area contributed by atoms with E-state index in [4.69, 9.17) is 4.74 Å². The molecular weight excluding hydrogens is 218 g/mol. The summed E-state index contributed by atoms with van der Waals surface area (Å²) in [6.45, 7) is 7.02. The molecule has 0 fully saturated rings. The van der Waals surface area contributed by atoms with Gasteiger partial charge in [-0.25, -0.2) is 4.79 Å². The van der Waals surface area contributed by atoms with E-state index in [-0.39, 0.29) is 6.61 Å². The van der Waals surface area contributed by atoms with E-state index in [2.05, 4.69) is 9.97 Å². The van der Waals surface area contributed by atoms with E-state index in [1.165, 1.54) is 13.1 Å². The van der Waals surface area contributed by atoms with Crippen molar-refractivity contribution in [2.75, 3.05) is 6.61 Å². The van der Waals surface area contributed by atoms with Gasteiger partial charge >= 0.3 is 5.97 Å². The second kappa shape index (κ2) is 4.91. The summed E-state index contributed by atoms with van der Waals surface area (Å²) in [5, 5.41) is 9.18. The van der Waals surface area contributed by atoms with Gasteiger partial charge in [-0.3, -0.25) is 9.97 Å². The van der Waals surface area contributed by atoms with E-state index in [0.29, 0.717) is 11.4 Å². The first-order valence-corrected chi connectivity index (χ1v) is 5.35.